The Hall–Kier alpha value is -6.13. The summed E-state index contributed by atoms with van der Waals surface area (Å²) in [6.07, 6.45) is -1.77. The molecule has 8 N–H and O–H groups in total. The number of aryl methyl sites for hydroxylation is 3. The maximum absolute atomic E-state index is 10.7. The van der Waals surface area contributed by atoms with Crippen molar-refractivity contribution in [3.8, 4) is 0 Å². The molecule has 23 nitrogen and oxygen atoms in total. The highest BCUT2D eigenvalue weighted by Gasteiger charge is 2.11. The summed E-state index contributed by atoms with van der Waals surface area (Å²) in [4.78, 5) is 49.5. The van der Waals surface area contributed by atoms with E-state index in [-0.39, 0.29) is 35.7 Å². The van der Waals surface area contributed by atoms with E-state index in [0.29, 0.717) is 41.3 Å². The second kappa shape index (κ2) is 26.7. The molecule has 0 fully saturated rings. The number of rotatable bonds is 7. The predicted molar refractivity (Wildman–Crippen MR) is 182 cm³/mol. The van der Waals surface area contributed by atoms with Crippen LogP contribution in [-0.4, -0.2) is 72.2 Å². The molecule has 290 valence electrons. The number of aromatic nitrogens is 8. The number of hydrazine groups is 1. The Morgan fingerprint density at radius 2 is 1.06 bits per heavy atom. The van der Waals surface area contributed by atoms with Crippen LogP contribution < -0.4 is 33.0 Å². The van der Waals surface area contributed by atoms with Crippen molar-refractivity contribution < 1.29 is 44.4 Å². The smallest absolute Gasteiger partial charge is 0.312 e. The van der Waals surface area contributed by atoms with Gasteiger partial charge in [-0.25, -0.2) is 0 Å². The molecule has 4 rings (SSSR count). The fourth-order valence-electron chi connectivity index (χ4n) is 2.54. The van der Waals surface area contributed by atoms with E-state index in [9.17, 15) is 19.2 Å². The van der Waals surface area contributed by atoms with Gasteiger partial charge in [0, 0.05) is 39.5 Å². The van der Waals surface area contributed by atoms with Gasteiger partial charge in [-0.2, -0.15) is 0 Å². The average molecular weight is 741 g/mol. The Morgan fingerprint density at radius 3 is 1.31 bits per heavy atom. The second-order valence-corrected chi connectivity index (χ2v) is 10.7. The normalized spacial score (nSPS) is 11.9. The molecule has 23 heteroatoms. The first kappa shape index (κ1) is 43.9. The number of hydrogen-bond donors (Lipinski definition) is 6. The van der Waals surface area contributed by atoms with Crippen LogP contribution in [0.4, 0.5) is 6.01 Å². The minimum Gasteiger partial charge on any atom is -0.425 e. The number of nitrogens with one attached hydrogen (secondary N) is 4. The van der Waals surface area contributed by atoms with Crippen molar-refractivity contribution in [2.75, 3.05) is 5.73 Å². The predicted octanol–water partition coefficient (Wildman–Crippen LogP) is 1.17. The van der Waals surface area contributed by atoms with Crippen LogP contribution in [0.3, 0.4) is 0 Å². The summed E-state index contributed by atoms with van der Waals surface area (Å²) >= 11 is 0. The van der Waals surface area contributed by atoms with Crippen molar-refractivity contribution >= 4 is 37.4 Å². The molecule has 0 saturated heterocycles. The van der Waals surface area contributed by atoms with Crippen molar-refractivity contribution in [2.45, 2.75) is 100 Å². The monoisotopic (exact) mass is 740 g/mol. The highest BCUT2D eigenvalue weighted by molar-refractivity contribution is 5.81. The van der Waals surface area contributed by atoms with Gasteiger partial charge < -0.3 is 44.6 Å². The van der Waals surface area contributed by atoms with Gasteiger partial charge >= 0.3 is 6.01 Å². The van der Waals surface area contributed by atoms with E-state index in [1.54, 1.807) is 55.4 Å². The van der Waals surface area contributed by atoms with E-state index in [4.69, 9.17) is 36.7 Å². The molecule has 0 bridgehead atoms. The zero-order valence-corrected chi connectivity index (χ0v) is 31.0. The van der Waals surface area contributed by atoms with E-state index in [1.807, 2.05) is 20.6 Å². The third-order valence-corrected chi connectivity index (χ3v) is 5.14. The molecule has 4 heterocycles. The minimum absolute atomic E-state index is 0.0592. The Kier molecular flexibility index (Phi) is 22.5. The van der Waals surface area contributed by atoms with Crippen LogP contribution in [0, 0.1) is 26.7 Å². The lowest BCUT2D eigenvalue weighted by Gasteiger charge is -2.06. The number of hydrogen-bond acceptors (Lipinski definition) is 19. The highest BCUT2D eigenvalue weighted by atomic mass is 16.4. The van der Waals surface area contributed by atoms with Gasteiger partial charge in [-0.1, -0.05) is 32.8 Å². The summed E-state index contributed by atoms with van der Waals surface area (Å²) in [5.74, 6) is 3.13. The summed E-state index contributed by atoms with van der Waals surface area (Å²) < 4.78 is 33.2. The fourth-order valence-corrected chi connectivity index (χ4v) is 2.54. The van der Waals surface area contributed by atoms with Gasteiger partial charge in [-0.3, -0.25) is 30.0 Å². The van der Waals surface area contributed by atoms with E-state index >= 15 is 0 Å². The Balaban J connectivity index is 0. The number of amides is 4. The molecule has 4 aromatic heterocycles. The number of nitrogens with two attached hydrogens (primary N) is 2. The van der Waals surface area contributed by atoms with Crippen molar-refractivity contribution in [3.05, 3.63) is 41.2 Å². The van der Waals surface area contributed by atoms with Crippen molar-refractivity contribution in [3.63, 3.8) is 0 Å². The van der Waals surface area contributed by atoms with Crippen molar-refractivity contribution in [2.24, 2.45) is 11.7 Å². The zero-order chi connectivity index (χ0) is 42.1. The Morgan fingerprint density at radius 1 is 0.673 bits per heavy atom. The van der Waals surface area contributed by atoms with Gasteiger partial charge in [0.2, 0.25) is 65.8 Å². The standard InChI is InChI=1S/C6H9N3O2.C6H12N2O2.C6H10N2O.C5H8N4O2.C5H9N3O.CH2O/c1-4(7-3-10)6-9-8-5(2)11-6;1-4(2)6(10)8-7-5(3)9;1-4(2)6-8-7-5(3)9-6;1-3(7-2-10)4-8-9-5(6)11-4;1-3(6)5-8-7-4(2)9-5;1-2/h3-4H,1-2H3,(H,7,10);4H,1-3H3,(H,7,9)(H,8,10);4H,1-3H3;2-3H,1H3,(H2,6,9)(H,7,10);3H,6H2,1-2H3;1H2/i3D;;;2D;;. The van der Waals surface area contributed by atoms with Crippen LogP contribution in [0.15, 0.2) is 17.7 Å². The van der Waals surface area contributed by atoms with E-state index in [2.05, 4.69) is 62.3 Å². The number of carbonyl (C=O) groups is 5. The molecule has 0 spiro atoms. The third-order valence-electron chi connectivity index (χ3n) is 5.14. The molecular weight excluding hydrogens is 688 g/mol. The average Bonchev–Trinajstić information content (AvgIpc) is 3.90. The molecule has 52 heavy (non-hydrogen) atoms. The maximum Gasteiger partial charge on any atom is 0.312 e. The van der Waals surface area contributed by atoms with Crippen LogP contribution in [0.2, 0.25) is 0 Å². The van der Waals surface area contributed by atoms with Crippen LogP contribution in [-0.2, 0) is 24.0 Å². The van der Waals surface area contributed by atoms with Crippen molar-refractivity contribution in [1.82, 2.24) is 62.3 Å². The summed E-state index contributed by atoms with van der Waals surface area (Å²) in [6.45, 7) is 21.1. The lowest BCUT2D eigenvalue weighted by atomic mass is 10.2. The third kappa shape index (κ3) is 21.8. The molecule has 3 atom stereocenters. The molecule has 4 aromatic rings. The molecular formula is C29H50N14O9. The van der Waals surface area contributed by atoms with Crippen LogP contribution in [0.1, 0.15) is 123 Å². The SMILES string of the molecule is C=O.CC(=O)NNC(=O)C(C)C.Cc1nnc(C(C)C)o1.Cc1nnc(C(C)N)o1.[2H]C(=O)NC(C)c1nnc(C)o1.[2H]C(=O)NC(C)c1nnc(N)o1. The zero-order valence-electron chi connectivity index (χ0n) is 33.0. The van der Waals surface area contributed by atoms with Crippen LogP contribution in [0.5, 0.6) is 0 Å². The number of anilines is 1. The van der Waals surface area contributed by atoms with E-state index in [0.717, 1.165) is 0 Å². The quantitative estimate of drug-likeness (QED) is 0.114. The van der Waals surface area contributed by atoms with Gasteiger partial charge in [0.05, 0.1) is 6.04 Å². The van der Waals surface area contributed by atoms with Gasteiger partial charge in [0.25, 0.3) is 0 Å². The lowest BCUT2D eigenvalue weighted by molar-refractivity contribution is -0.129. The van der Waals surface area contributed by atoms with Gasteiger partial charge in [0.1, 0.15) is 21.6 Å². The fraction of sp³-hybridized carbons (Fsp3) is 0.552. The number of nitrogen functional groups attached to an aromatic ring is 1. The van der Waals surface area contributed by atoms with Gasteiger partial charge in [-0.05, 0) is 20.8 Å². The topological polar surface area (TPSA) is 341 Å². The first-order valence-electron chi connectivity index (χ1n) is 16.3. The van der Waals surface area contributed by atoms with E-state index < -0.39 is 24.9 Å². The largest absolute Gasteiger partial charge is 0.425 e. The molecule has 0 aromatic carbocycles. The molecule has 3 unspecified atom stereocenters. The first-order chi connectivity index (χ1) is 25.1. The lowest BCUT2D eigenvalue weighted by Crippen LogP contribution is -2.42. The molecule has 0 aliphatic heterocycles. The molecule has 4 amide bonds. The van der Waals surface area contributed by atoms with Crippen LogP contribution in [0.25, 0.3) is 0 Å². The second-order valence-electron chi connectivity index (χ2n) is 10.7. The summed E-state index contributed by atoms with van der Waals surface area (Å²) in [5.41, 5.74) is 15.0. The minimum atomic E-state index is -0.903. The first-order valence-corrected chi connectivity index (χ1v) is 15.3. The van der Waals surface area contributed by atoms with Crippen LogP contribution >= 0.6 is 0 Å². The number of nitrogens with zero attached hydrogens (tertiary/aromatic N) is 8. The number of carbonyl (C=O) groups excluding carboxylic acids is 5. The maximum atomic E-state index is 10.7. The summed E-state index contributed by atoms with van der Waals surface area (Å²) in [5, 5.41) is 33.6. The summed E-state index contributed by atoms with van der Waals surface area (Å²) in [7, 11) is 0. The molecule has 0 radical (unpaired) electrons. The Bertz CT molecular complexity index is 1570. The van der Waals surface area contributed by atoms with Crippen molar-refractivity contribution in [1.29, 1.82) is 0 Å². The van der Waals surface area contributed by atoms with Gasteiger partial charge in [-0.15, -0.1) is 35.7 Å². The molecule has 0 aliphatic rings. The highest BCUT2D eigenvalue weighted by Crippen LogP contribution is 2.11. The molecule has 0 aliphatic carbocycles. The molecule has 0 saturated carbocycles. The van der Waals surface area contributed by atoms with E-state index in [1.165, 1.54) is 6.92 Å². The van der Waals surface area contributed by atoms with Gasteiger partial charge in [0.15, 0.2) is 0 Å². The summed E-state index contributed by atoms with van der Waals surface area (Å²) in [6, 6.07) is -1.11. The Labute approximate surface area is 303 Å².